The molecule has 0 fully saturated rings. The highest BCUT2D eigenvalue weighted by Gasteiger charge is 2.04. The van der Waals surface area contributed by atoms with Crippen molar-refractivity contribution in [3.63, 3.8) is 0 Å². The number of nitrogens with zero attached hydrogens (tertiary/aromatic N) is 1. The van der Waals surface area contributed by atoms with Crippen LogP contribution in [-0.2, 0) is 0 Å². The Labute approximate surface area is 110 Å². The summed E-state index contributed by atoms with van der Waals surface area (Å²) in [6.45, 7) is 5.54. The van der Waals surface area contributed by atoms with E-state index in [1.54, 1.807) is 0 Å². The highest BCUT2D eigenvalue weighted by Crippen LogP contribution is 2.07. The quantitative estimate of drug-likeness (QED) is 0.452. The lowest BCUT2D eigenvalue weighted by atomic mass is 10.1. The zero-order valence-corrected chi connectivity index (χ0v) is 12.9. The smallest absolute Gasteiger partial charge is 0.0780 e. The van der Waals surface area contributed by atoms with Crippen molar-refractivity contribution in [3.8, 4) is 0 Å². The van der Waals surface area contributed by atoms with E-state index < -0.39 is 0 Å². The Kier molecular flexibility index (Phi) is 15.8. The zero-order chi connectivity index (χ0) is 13.6. The molecule has 2 heteroatoms. The summed E-state index contributed by atoms with van der Waals surface area (Å²) in [5.41, 5.74) is 0. The molecule has 0 unspecified atom stereocenters. The van der Waals surface area contributed by atoms with Crippen molar-refractivity contribution in [3.05, 3.63) is 0 Å². The van der Waals surface area contributed by atoms with Gasteiger partial charge in [-0.15, -0.1) is 6.61 Å². The van der Waals surface area contributed by atoms with Crippen molar-refractivity contribution in [2.45, 2.75) is 65.2 Å². The molecule has 0 bridgehead atoms. The number of unbranched alkanes of at least 4 members (excludes halogenated alkanes) is 6. The lowest BCUT2D eigenvalue weighted by Gasteiger charge is -2.23. The molecule has 0 spiro atoms. The molecule has 106 valence electrons. The molecule has 0 N–H and O–H groups in total. The fraction of sp³-hybridized carbons (Fsp3) is 1.00. The molecule has 0 radical (unpaired) electrons. The van der Waals surface area contributed by atoms with Crippen LogP contribution in [0.25, 0.3) is 0 Å². The van der Waals surface area contributed by atoms with E-state index in [0.29, 0.717) is 0 Å². The Morgan fingerprint density at radius 1 is 0.706 bits per heavy atom. The molecule has 0 atom stereocenters. The van der Waals surface area contributed by atoms with Gasteiger partial charge in [-0.05, 0) is 12.8 Å². The van der Waals surface area contributed by atoms with Gasteiger partial charge in [0, 0.05) is 0 Å². The maximum atomic E-state index is 9.30. The standard InChI is InChI=1S/C12H28N.C3H7O/c1-5-6-7-8-9-10-11-12-13(2,3)4;1-2-3-4/h5-12H2,1-4H3;2-3H2,1H3/q+1;-1. The lowest BCUT2D eigenvalue weighted by Crippen LogP contribution is -2.35. The van der Waals surface area contributed by atoms with E-state index in [9.17, 15) is 5.11 Å². The van der Waals surface area contributed by atoms with Crippen molar-refractivity contribution >= 4 is 0 Å². The minimum absolute atomic E-state index is 0.0694. The summed E-state index contributed by atoms with van der Waals surface area (Å²) in [6.07, 6.45) is 10.7. The fourth-order valence-corrected chi connectivity index (χ4v) is 1.54. The number of hydrogen-bond donors (Lipinski definition) is 0. The molecule has 17 heavy (non-hydrogen) atoms. The van der Waals surface area contributed by atoms with E-state index in [0.717, 1.165) is 10.9 Å². The third-order valence-corrected chi connectivity index (χ3v) is 2.64. The van der Waals surface area contributed by atoms with Crippen LogP contribution in [0.3, 0.4) is 0 Å². The molecule has 0 aliphatic heterocycles. The van der Waals surface area contributed by atoms with E-state index in [4.69, 9.17) is 0 Å². The minimum Gasteiger partial charge on any atom is -0.854 e. The highest BCUT2D eigenvalue weighted by molar-refractivity contribution is 4.44. The Balaban J connectivity index is 0. The van der Waals surface area contributed by atoms with Crippen molar-refractivity contribution in [2.75, 3.05) is 34.3 Å². The molecule has 0 amide bonds. The zero-order valence-electron chi connectivity index (χ0n) is 12.9. The lowest BCUT2D eigenvalue weighted by molar-refractivity contribution is -0.870. The second-order valence-electron chi connectivity index (χ2n) is 5.84. The second kappa shape index (κ2) is 14.0. The minimum atomic E-state index is 0.0694. The van der Waals surface area contributed by atoms with Crippen LogP contribution in [0.15, 0.2) is 0 Å². The molecule has 0 heterocycles. The van der Waals surface area contributed by atoms with Crippen molar-refractivity contribution in [1.29, 1.82) is 0 Å². The van der Waals surface area contributed by atoms with E-state index in [1.807, 2.05) is 6.92 Å². The van der Waals surface area contributed by atoms with Gasteiger partial charge in [0.25, 0.3) is 0 Å². The number of quaternary nitrogens is 1. The Bertz CT molecular complexity index is 127. The average Bonchev–Trinajstić information content (AvgIpc) is 2.27. The van der Waals surface area contributed by atoms with Gasteiger partial charge in [0.15, 0.2) is 0 Å². The van der Waals surface area contributed by atoms with Gasteiger partial charge in [-0.25, -0.2) is 0 Å². The first-order chi connectivity index (χ1) is 7.97. The van der Waals surface area contributed by atoms with E-state index >= 15 is 0 Å². The van der Waals surface area contributed by atoms with Gasteiger partial charge in [-0.1, -0.05) is 52.4 Å². The van der Waals surface area contributed by atoms with Crippen LogP contribution >= 0.6 is 0 Å². The third-order valence-electron chi connectivity index (χ3n) is 2.64. The maximum Gasteiger partial charge on any atom is 0.0780 e. The van der Waals surface area contributed by atoms with Gasteiger partial charge < -0.3 is 9.59 Å². The molecule has 0 aromatic rings. The molecular weight excluding hydrogens is 210 g/mol. The van der Waals surface area contributed by atoms with E-state index in [1.165, 1.54) is 51.5 Å². The van der Waals surface area contributed by atoms with Crippen LogP contribution in [0.2, 0.25) is 0 Å². The Morgan fingerprint density at radius 2 is 1.12 bits per heavy atom. The number of rotatable bonds is 9. The number of hydrogen-bond acceptors (Lipinski definition) is 1. The SMILES string of the molecule is CCCCCCCCC[N+](C)(C)C.CCC[O-]. The van der Waals surface area contributed by atoms with Gasteiger partial charge in [0.2, 0.25) is 0 Å². The normalized spacial score (nSPS) is 10.9. The topological polar surface area (TPSA) is 23.1 Å². The average molecular weight is 245 g/mol. The summed E-state index contributed by atoms with van der Waals surface area (Å²) in [6, 6.07) is 0. The molecule has 2 nitrogen and oxygen atoms in total. The fourth-order valence-electron chi connectivity index (χ4n) is 1.54. The molecule has 0 rings (SSSR count). The van der Waals surface area contributed by atoms with Crippen LogP contribution in [0.1, 0.15) is 65.2 Å². The largest absolute Gasteiger partial charge is 0.854 e. The monoisotopic (exact) mass is 245 g/mol. The summed E-state index contributed by atoms with van der Waals surface area (Å²) in [5, 5.41) is 9.30. The molecule has 0 saturated carbocycles. The van der Waals surface area contributed by atoms with Crippen LogP contribution in [0, 0.1) is 0 Å². The maximum absolute atomic E-state index is 9.30. The van der Waals surface area contributed by atoms with Gasteiger partial charge in [0.1, 0.15) is 0 Å². The predicted molar refractivity (Wildman–Crippen MR) is 76.1 cm³/mol. The Hall–Kier alpha value is -0.0800. The molecule has 0 aliphatic carbocycles. The summed E-state index contributed by atoms with van der Waals surface area (Å²) >= 11 is 0. The van der Waals surface area contributed by atoms with Crippen LogP contribution in [0.4, 0.5) is 0 Å². The molecule has 0 aromatic heterocycles. The van der Waals surface area contributed by atoms with Crippen LogP contribution < -0.4 is 5.11 Å². The summed E-state index contributed by atoms with van der Waals surface area (Å²) in [7, 11) is 6.82. The molecular formula is C15H35NO. The van der Waals surface area contributed by atoms with Gasteiger partial charge >= 0.3 is 0 Å². The first-order valence-electron chi connectivity index (χ1n) is 7.36. The van der Waals surface area contributed by atoms with Crippen LogP contribution in [-0.4, -0.2) is 38.8 Å². The Morgan fingerprint density at radius 3 is 1.47 bits per heavy atom. The third kappa shape index (κ3) is 25.9. The van der Waals surface area contributed by atoms with E-state index in [2.05, 4.69) is 28.1 Å². The van der Waals surface area contributed by atoms with Crippen molar-refractivity contribution < 1.29 is 9.59 Å². The molecule has 0 aromatic carbocycles. The van der Waals surface area contributed by atoms with Crippen molar-refractivity contribution in [1.82, 2.24) is 0 Å². The van der Waals surface area contributed by atoms with Crippen LogP contribution in [0.5, 0.6) is 0 Å². The molecule has 0 aliphatic rings. The van der Waals surface area contributed by atoms with Gasteiger partial charge in [0.05, 0.1) is 27.7 Å². The first kappa shape index (κ1) is 19.3. The highest BCUT2D eigenvalue weighted by atomic mass is 16.2. The van der Waals surface area contributed by atoms with E-state index in [-0.39, 0.29) is 6.61 Å². The van der Waals surface area contributed by atoms with Gasteiger partial charge in [-0.3, -0.25) is 0 Å². The second-order valence-corrected chi connectivity index (χ2v) is 5.84. The van der Waals surface area contributed by atoms with Gasteiger partial charge in [-0.2, -0.15) is 0 Å². The summed E-state index contributed by atoms with van der Waals surface area (Å²) < 4.78 is 1.12. The summed E-state index contributed by atoms with van der Waals surface area (Å²) in [5.74, 6) is 0. The predicted octanol–water partition coefficient (Wildman–Crippen LogP) is 3.20. The summed E-state index contributed by atoms with van der Waals surface area (Å²) in [4.78, 5) is 0. The molecule has 0 saturated heterocycles. The van der Waals surface area contributed by atoms with Crippen molar-refractivity contribution in [2.24, 2.45) is 0 Å². The first-order valence-corrected chi connectivity index (χ1v) is 7.36.